The first-order valence-corrected chi connectivity index (χ1v) is 8.46. The average Bonchev–Trinajstić information content (AvgIpc) is 2.59. The Balaban J connectivity index is 1.85. The SMILES string of the molecule is O=C(NNS(=O)(=O)c1ccccc1F)c1cc2ccccc2oc1=O. The Morgan fingerprint density at radius 3 is 2.48 bits per heavy atom. The summed E-state index contributed by atoms with van der Waals surface area (Å²) < 4.78 is 42.6. The average molecular weight is 362 g/mol. The molecule has 0 spiro atoms. The van der Waals surface area contributed by atoms with E-state index in [4.69, 9.17) is 4.42 Å². The summed E-state index contributed by atoms with van der Waals surface area (Å²) in [6.07, 6.45) is 0. The van der Waals surface area contributed by atoms with Crippen molar-refractivity contribution >= 4 is 26.9 Å². The zero-order valence-corrected chi connectivity index (χ0v) is 13.3. The number of amides is 1. The molecule has 128 valence electrons. The number of carbonyl (C=O) groups excluding carboxylic acids is 1. The lowest BCUT2D eigenvalue weighted by atomic mass is 10.2. The van der Waals surface area contributed by atoms with Crippen molar-refractivity contribution in [2.24, 2.45) is 0 Å². The fourth-order valence-electron chi connectivity index (χ4n) is 2.12. The fourth-order valence-corrected chi connectivity index (χ4v) is 3.04. The Morgan fingerprint density at radius 1 is 1.04 bits per heavy atom. The Kier molecular flexibility index (Phi) is 4.34. The van der Waals surface area contributed by atoms with Crippen LogP contribution in [0.5, 0.6) is 0 Å². The van der Waals surface area contributed by atoms with Gasteiger partial charge in [-0.05, 0) is 24.3 Å². The number of nitrogens with one attached hydrogen (secondary N) is 2. The highest BCUT2D eigenvalue weighted by Crippen LogP contribution is 2.14. The molecule has 3 rings (SSSR count). The molecule has 2 aromatic carbocycles. The van der Waals surface area contributed by atoms with Crippen LogP contribution in [0.25, 0.3) is 11.0 Å². The minimum atomic E-state index is -4.34. The molecular formula is C16H11FN2O5S. The third-order valence-corrected chi connectivity index (χ3v) is 4.59. The topological polar surface area (TPSA) is 105 Å². The molecule has 0 saturated carbocycles. The second-order valence-corrected chi connectivity index (χ2v) is 6.63. The van der Waals surface area contributed by atoms with E-state index >= 15 is 0 Å². The van der Waals surface area contributed by atoms with Gasteiger partial charge in [0.1, 0.15) is 21.9 Å². The number of hydrogen-bond donors (Lipinski definition) is 2. The second-order valence-electron chi connectivity index (χ2n) is 4.98. The lowest BCUT2D eigenvalue weighted by Gasteiger charge is -2.09. The Labute approximate surface area is 141 Å². The lowest BCUT2D eigenvalue weighted by Crippen LogP contribution is -2.43. The minimum absolute atomic E-state index is 0.288. The number of hydrogen-bond acceptors (Lipinski definition) is 5. The molecule has 0 aliphatic carbocycles. The van der Waals surface area contributed by atoms with E-state index < -0.39 is 37.8 Å². The largest absolute Gasteiger partial charge is 0.422 e. The van der Waals surface area contributed by atoms with Gasteiger partial charge in [-0.15, -0.1) is 4.83 Å². The molecule has 3 aromatic rings. The van der Waals surface area contributed by atoms with Crippen LogP contribution in [0, 0.1) is 5.82 Å². The highest BCUT2D eigenvalue weighted by Gasteiger charge is 2.21. The van der Waals surface area contributed by atoms with E-state index in [1.54, 1.807) is 29.1 Å². The van der Waals surface area contributed by atoms with Crippen LogP contribution in [0.2, 0.25) is 0 Å². The van der Waals surface area contributed by atoms with Gasteiger partial charge in [-0.1, -0.05) is 30.3 Å². The molecule has 0 aliphatic heterocycles. The molecule has 2 N–H and O–H groups in total. The van der Waals surface area contributed by atoms with Gasteiger partial charge in [0.05, 0.1) is 0 Å². The molecular weight excluding hydrogens is 351 g/mol. The van der Waals surface area contributed by atoms with E-state index in [1.807, 2.05) is 5.43 Å². The van der Waals surface area contributed by atoms with E-state index in [-0.39, 0.29) is 5.58 Å². The van der Waals surface area contributed by atoms with Gasteiger partial charge in [-0.2, -0.15) is 0 Å². The van der Waals surface area contributed by atoms with Gasteiger partial charge in [0.25, 0.3) is 15.9 Å². The summed E-state index contributed by atoms with van der Waals surface area (Å²) in [6, 6.07) is 12.5. The maximum Gasteiger partial charge on any atom is 0.349 e. The molecule has 0 unspecified atom stereocenters. The number of carbonyl (C=O) groups is 1. The summed E-state index contributed by atoms with van der Waals surface area (Å²) in [7, 11) is -4.34. The molecule has 1 amide bonds. The van der Waals surface area contributed by atoms with Crippen molar-refractivity contribution in [3.63, 3.8) is 0 Å². The molecule has 0 fully saturated rings. The number of sulfonamides is 1. The van der Waals surface area contributed by atoms with Crippen LogP contribution in [-0.2, 0) is 10.0 Å². The fraction of sp³-hybridized carbons (Fsp3) is 0. The summed E-state index contributed by atoms with van der Waals surface area (Å²) in [5.41, 5.74) is 0.832. The van der Waals surface area contributed by atoms with Gasteiger partial charge in [0.15, 0.2) is 0 Å². The van der Waals surface area contributed by atoms with Crippen LogP contribution in [-0.4, -0.2) is 14.3 Å². The van der Waals surface area contributed by atoms with Crippen molar-refractivity contribution in [3.8, 4) is 0 Å². The molecule has 0 atom stereocenters. The second kappa shape index (κ2) is 6.46. The van der Waals surface area contributed by atoms with Crippen LogP contribution in [0.1, 0.15) is 10.4 Å². The van der Waals surface area contributed by atoms with Gasteiger partial charge >= 0.3 is 5.63 Å². The Morgan fingerprint density at radius 2 is 1.72 bits per heavy atom. The van der Waals surface area contributed by atoms with Gasteiger partial charge in [0.2, 0.25) is 0 Å². The predicted octanol–water partition coefficient (Wildman–Crippen LogP) is 1.56. The summed E-state index contributed by atoms with van der Waals surface area (Å²) in [6.45, 7) is 0. The van der Waals surface area contributed by atoms with E-state index in [1.165, 1.54) is 18.2 Å². The predicted molar refractivity (Wildman–Crippen MR) is 86.7 cm³/mol. The van der Waals surface area contributed by atoms with Crippen molar-refractivity contribution in [1.82, 2.24) is 10.3 Å². The molecule has 1 heterocycles. The number of benzene rings is 2. The molecule has 0 saturated heterocycles. The number of rotatable bonds is 4. The summed E-state index contributed by atoms with van der Waals surface area (Å²) in [5.74, 6) is -2.01. The minimum Gasteiger partial charge on any atom is -0.422 e. The van der Waals surface area contributed by atoms with Crippen molar-refractivity contribution in [3.05, 3.63) is 76.4 Å². The maximum atomic E-state index is 13.6. The first kappa shape index (κ1) is 16.8. The van der Waals surface area contributed by atoms with E-state index in [0.717, 1.165) is 12.1 Å². The number of halogens is 1. The summed E-state index contributed by atoms with van der Waals surface area (Å²) in [4.78, 5) is 25.0. The molecule has 1 aromatic heterocycles. The van der Waals surface area contributed by atoms with Crippen molar-refractivity contribution in [1.29, 1.82) is 0 Å². The Hall–Kier alpha value is -3.04. The number of fused-ring (bicyclic) bond motifs is 1. The van der Waals surface area contributed by atoms with Gasteiger partial charge in [-0.25, -0.2) is 17.6 Å². The van der Waals surface area contributed by atoms with Gasteiger partial charge in [0, 0.05) is 5.39 Å². The summed E-state index contributed by atoms with van der Waals surface area (Å²) >= 11 is 0. The van der Waals surface area contributed by atoms with E-state index in [2.05, 4.69) is 0 Å². The third kappa shape index (κ3) is 3.42. The normalized spacial score (nSPS) is 11.4. The van der Waals surface area contributed by atoms with Crippen LogP contribution in [0.3, 0.4) is 0 Å². The highest BCUT2D eigenvalue weighted by molar-refractivity contribution is 7.89. The van der Waals surface area contributed by atoms with Crippen LogP contribution >= 0.6 is 0 Å². The zero-order chi connectivity index (χ0) is 18.0. The molecule has 7 nitrogen and oxygen atoms in total. The first-order valence-electron chi connectivity index (χ1n) is 6.98. The molecule has 9 heteroatoms. The van der Waals surface area contributed by atoms with Crippen molar-refractivity contribution in [2.45, 2.75) is 4.90 Å². The number of hydrazine groups is 1. The van der Waals surface area contributed by atoms with Gasteiger partial charge < -0.3 is 4.42 Å². The zero-order valence-electron chi connectivity index (χ0n) is 12.5. The monoisotopic (exact) mass is 362 g/mol. The quantitative estimate of drug-likeness (QED) is 0.541. The van der Waals surface area contributed by atoms with E-state index in [0.29, 0.717) is 5.39 Å². The van der Waals surface area contributed by atoms with Crippen LogP contribution in [0.15, 0.2) is 68.7 Å². The molecule has 0 aliphatic rings. The lowest BCUT2D eigenvalue weighted by molar-refractivity contribution is 0.0941. The van der Waals surface area contributed by atoms with Crippen LogP contribution in [0.4, 0.5) is 4.39 Å². The van der Waals surface area contributed by atoms with Crippen molar-refractivity contribution < 1.29 is 22.0 Å². The first-order chi connectivity index (χ1) is 11.9. The van der Waals surface area contributed by atoms with Gasteiger partial charge in [-0.3, -0.25) is 10.2 Å². The van der Waals surface area contributed by atoms with Crippen LogP contribution < -0.4 is 15.9 Å². The summed E-state index contributed by atoms with van der Waals surface area (Å²) in [5, 5.41) is 0.490. The standard InChI is InChI=1S/C16H11FN2O5S/c17-12-6-2-4-8-14(12)25(22,23)19-18-15(20)11-9-10-5-1-3-7-13(10)24-16(11)21/h1-9,19H,(H,18,20). The smallest absolute Gasteiger partial charge is 0.349 e. The number of para-hydroxylation sites is 1. The molecule has 25 heavy (non-hydrogen) atoms. The van der Waals surface area contributed by atoms with Crippen molar-refractivity contribution in [2.75, 3.05) is 0 Å². The molecule has 0 bridgehead atoms. The third-order valence-electron chi connectivity index (χ3n) is 3.31. The van der Waals surface area contributed by atoms with E-state index in [9.17, 15) is 22.4 Å². The highest BCUT2D eigenvalue weighted by atomic mass is 32.2. The molecule has 0 radical (unpaired) electrons. The maximum absolute atomic E-state index is 13.6. The Bertz CT molecular complexity index is 1120.